The Morgan fingerprint density at radius 3 is 1.64 bits per heavy atom. The number of fused-ring (bicyclic) bond motifs is 16. The minimum atomic E-state index is -0.596. The number of hydrogen-bond acceptors (Lipinski definition) is 3. The SMILES string of the molecule is c1ccc(-c2ccc(N(c3ccccc3)c3cccc4oc5ccc(-c6ccc7c(c6)-c6ccccc6C76c7ccc8ccccc8c7Oc7c6ccc6ccccc76)cc5c34)cc2)cc1. The molecule has 1 spiro atoms. The second-order valence-corrected chi connectivity index (χ2v) is 17.5. The fourth-order valence-corrected chi connectivity index (χ4v) is 11.2. The van der Waals surface area contributed by atoms with Gasteiger partial charge in [0.1, 0.15) is 22.7 Å². The van der Waals surface area contributed by atoms with E-state index in [4.69, 9.17) is 9.15 Å². The summed E-state index contributed by atoms with van der Waals surface area (Å²) in [7, 11) is 0. The molecule has 3 heteroatoms. The molecular weight excluding hydrogens is 803 g/mol. The molecule has 66 heavy (non-hydrogen) atoms. The first-order chi connectivity index (χ1) is 32.7. The lowest BCUT2D eigenvalue weighted by Crippen LogP contribution is -2.32. The number of furan rings is 1. The highest BCUT2D eigenvalue weighted by molar-refractivity contribution is 6.14. The van der Waals surface area contributed by atoms with Gasteiger partial charge in [0.15, 0.2) is 0 Å². The number of hydrogen-bond donors (Lipinski definition) is 0. The van der Waals surface area contributed by atoms with Crippen LogP contribution in [0, 0.1) is 0 Å². The molecule has 0 atom stereocenters. The largest absolute Gasteiger partial charge is 0.456 e. The average Bonchev–Trinajstić information content (AvgIpc) is 3.91. The summed E-state index contributed by atoms with van der Waals surface area (Å²) in [4.78, 5) is 2.35. The van der Waals surface area contributed by atoms with Crippen LogP contribution in [0.25, 0.3) is 76.9 Å². The van der Waals surface area contributed by atoms with Crippen LogP contribution in [0.2, 0.25) is 0 Å². The standard InChI is InChI=1S/C63H39NO2/c1-3-14-40(15-4-1)41-26-32-47(33-27-41)64(46-18-5-2-6-19-46)57-24-13-25-59-60(57)52-39-45(31-37-58(52)65-59)44-30-34-54-51(38-44)50-22-11-12-23-53(50)63(54)55-35-28-42-16-7-9-20-48(42)61(55)66-62-49-21-10-8-17-43(49)29-36-56(62)63/h1-39H. The molecule has 0 N–H and O–H groups in total. The summed E-state index contributed by atoms with van der Waals surface area (Å²) in [5.41, 5.74) is 16.3. The van der Waals surface area contributed by atoms with E-state index in [1.807, 2.05) is 0 Å². The second-order valence-electron chi connectivity index (χ2n) is 17.5. The molecule has 2 aliphatic rings. The van der Waals surface area contributed by atoms with Crippen molar-refractivity contribution in [3.05, 3.63) is 259 Å². The number of rotatable bonds is 5. The lowest BCUT2D eigenvalue weighted by Gasteiger charge is -2.40. The van der Waals surface area contributed by atoms with Gasteiger partial charge in [-0.2, -0.15) is 0 Å². The molecule has 0 radical (unpaired) electrons. The van der Waals surface area contributed by atoms with Crippen LogP contribution in [0.1, 0.15) is 22.3 Å². The number of anilines is 3. The van der Waals surface area contributed by atoms with E-state index in [-0.39, 0.29) is 0 Å². The highest BCUT2D eigenvalue weighted by Crippen LogP contribution is 2.64. The molecule has 0 unspecified atom stereocenters. The summed E-state index contributed by atoms with van der Waals surface area (Å²) in [6.45, 7) is 0. The Balaban J connectivity index is 0.959. The molecule has 12 aromatic rings. The van der Waals surface area contributed by atoms with E-state index in [2.05, 4.69) is 241 Å². The molecule has 14 rings (SSSR count). The summed E-state index contributed by atoms with van der Waals surface area (Å²) in [6, 6.07) is 85.5. The molecule has 0 bridgehead atoms. The molecule has 0 amide bonds. The van der Waals surface area contributed by atoms with Crippen LogP contribution >= 0.6 is 0 Å². The fourth-order valence-electron chi connectivity index (χ4n) is 11.2. The zero-order valence-corrected chi connectivity index (χ0v) is 35.8. The first kappa shape index (κ1) is 36.8. The van der Waals surface area contributed by atoms with Gasteiger partial charge in [-0.1, -0.05) is 182 Å². The molecule has 308 valence electrons. The maximum absolute atomic E-state index is 7.18. The first-order valence-corrected chi connectivity index (χ1v) is 22.7. The van der Waals surface area contributed by atoms with Gasteiger partial charge < -0.3 is 14.1 Å². The van der Waals surface area contributed by atoms with Crippen LogP contribution in [0.4, 0.5) is 17.1 Å². The van der Waals surface area contributed by atoms with Gasteiger partial charge in [-0.05, 0) is 110 Å². The number of ether oxygens (including phenoxy) is 1. The van der Waals surface area contributed by atoms with Gasteiger partial charge in [0.05, 0.1) is 16.5 Å². The van der Waals surface area contributed by atoms with Gasteiger partial charge in [0.2, 0.25) is 0 Å². The average molecular weight is 842 g/mol. The van der Waals surface area contributed by atoms with Crippen LogP contribution in [-0.2, 0) is 5.41 Å². The minimum Gasteiger partial charge on any atom is -0.456 e. The van der Waals surface area contributed by atoms with Crippen LogP contribution in [0.5, 0.6) is 11.5 Å². The molecule has 1 aliphatic carbocycles. The van der Waals surface area contributed by atoms with Crippen molar-refractivity contribution in [3.63, 3.8) is 0 Å². The highest BCUT2D eigenvalue weighted by Gasteiger charge is 2.51. The Kier molecular flexibility index (Phi) is 7.90. The van der Waals surface area contributed by atoms with Crippen molar-refractivity contribution in [3.8, 4) is 44.9 Å². The summed E-state index contributed by atoms with van der Waals surface area (Å²) in [6.07, 6.45) is 0. The van der Waals surface area contributed by atoms with Crippen molar-refractivity contribution in [1.82, 2.24) is 0 Å². The van der Waals surface area contributed by atoms with E-state index in [9.17, 15) is 0 Å². The Bertz CT molecular complexity index is 3820. The van der Waals surface area contributed by atoms with E-state index >= 15 is 0 Å². The van der Waals surface area contributed by atoms with Crippen molar-refractivity contribution in [2.24, 2.45) is 0 Å². The van der Waals surface area contributed by atoms with Crippen molar-refractivity contribution in [2.45, 2.75) is 5.41 Å². The van der Waals surface area contributed by atoms with Crippen LogP contribution in [0.3, 0.4) is 0 Å². The molecular formula is C63H39NO2. The van der Waals surface area contributed by atoms with E-state index in [1.165, 1.54) is 44.5 Å². The van der Waals surface area contributed by atoms with E-state index < -0.39 is 5.41 Å². The number of nitrogens with zero attached hydrogens (tertiary/aromatic N) is 1. The third kappa shape index (κ3) is 5.26. The quantitative estimate of drug-likeness (QED) is 0.173. The molecule has 0 fully saturated rings. The van der Waals surface area contributed by atoms with Crippen molar-refractivity contribution < 1.29 is 9.15 Å². The smallest absolute Gasteiger partial charge is 0.140 e. The molecule has 11 aromatic carbocycles. The van der Waals surface area contributed by atoms with Crippen molar-refractivity contribution >= 4 is 60.5 Å². The van der Waals surface area contributed by atoms with Crippen LogP contribution in [0.15, 0.2) is 241 Å². The molecule has 0 saturated carbocycles. The number of benzene rings is 11. The van der Waals surface area contributed by atoms with Crippen molar-refractivity contribution in [1.29, 1.82) is 0 Å². The predicted octanol–water partition coefficient (Wildman–Crippen LogP) is 17.2. The third-order valence-electron chi connectivity index (χ3n) is 14.1. The zero-order chi connectivity index (χ0) is 43.3. The number of para-hydroxylation sites is 1. The Hall–Kier alpha value is -8.66. The summed E-state index contributed by atoms with van der Waals surface area (Å²) < 4.78 is 13.8. The predicted molar refractivity (Wildman–Crippen MR) is 272 cm³/mol. The van der Waals surface area contributed by atoms with E-state index in [1.54, 1.807) is 0 Å². The maximum atomic E-state index is 7.18. The Morgan fingerprint density at radius 2 is 0.894 bits per heavy atom. The van der Waals surface area contributed by atoms with Crippen molar-refractivity contribution in [2.75, 3.05) is 4.90 Å². The topological polar surface area (TPSA) is 25.6 Å². The maximum Gasteiger partial charge on any atom is 0.140 e. The molecule has 3 nitrogen and oxygen atoms in total. The Morgan fingerprint density at radius 1 is 0.333 bits per heavy atom. The zero-order valence-electron chi connectivity index (χ0n) is 35.8. The van der Waals surface area contributed by atoms with Gasteiger partial charge in [0, 0.05) is 38.7 Å². The van der Waals surface area contributed by atoms with Gasteiger partial charge >= 0.3 is 0 Å². The minimum absolute atomic E-state index is 0.596. The molecule has 1 aliphatic heterocycles. The summed E-state index contributed by atoms with van der Waals surface area (Å²) >= 11 is 0. The Labute approximate surface area is 382 Å². The lowest BCUT2D eigenvalue weighted by molar-refractivity contribution is 0.447. The van der Waals surface area contributed by atoms with Gasteiger partial charge in [-0.15, -0.1) is 0 Å². The lowest BCUT2D eigenvalue weighted by atomic mass is 9.65. The molecule has 0 saturated heterocycles. The van der Waals surface area contributed by atoms with Crippen LogP contribution < -0.4 is 9.64 Å². The monoisotopic (exact) mass is 841 g/mol. The third-order valence-corrected chi connectivity index (χ3v) is 14.1. The normalized spacial score (nSPS) is 13.1. The van der Waals surface area contributed by atoms with Gasteiger partial charge in [-0.25, -0.2) is 0 Å². The van der Waals surface area contributed by atoms with E-state index in [0.717, 1.165) is 83.2 Å². The molecule has 2 heterocycles. The summed E-state index contributed by atoms with van der Waals surface area (Å²) in [5.74, 6) is 1.85. The fraction of sp³-hybridized carbons (Fsp3) is 0.0159. The van der Waals surface area contributed by atoms with Gasteiger partial charge in [-0.3, -0.25) is 0 Å². The molecule has 1 aromatic heterocycles. The van der Waals surface area contributed by atoms with Gasteiger partial charge in [0.25, 0.3) is 0 Å². The van der Waals surface area contributed by atoms with Crippen LogP contribution in [-0.4, -0.2) is 0 Å². The summed E-state index contributed by atoms with van der Waals surface area (Å²) in [5, 5.41) is 6.70. The first-order valence-electron chi connectivity index (χ1n) is 22.7. The highest BCUT2D eigenvalue weighted by atomic mass is 16.5. The van der Waals surface area contributed by atoms with E-state index in [0.29, 0.717) is 0 Å². The second kappa shape index (κ2) is 14.2.